The van der Waals surface area contributed by atoms with Crippen molar-refractivity contribution < 1.29 is 24.0 Å². The molecule has 25 heteroatoms. The van der Waals surface area contributed by atoms with Gasteiger partial charge in [0.15, 0.2) is 0 Å². The Balaban J connectivity index is 0.000000137. The maximum Gasteiger partial charge on any atom is 0.271 e. The van der Waals surface area contributed by atoms with Gasteiger partial charge in [-0.15, -0.1) is 56.7 Å². The maximum atomic E-state index is 12.2. The third kappa shape index (κ3) is 27.5. The summed E-state index contributed by atoms with van der Waals surface area (Å²) in [5, 5.41) is 28.0. The molecular formula is C86H77N15O5S5. The molecule has 8 aromatic heterocycles. The van der Waals surface area contributed by atoms with Crippen molar-refractivity contribution in [3.05, 3.63) is 410 Å². The van der Waals surface area contributed by atoms with Gasteiger partial charge >= 0.3 is 0 Å². The van der Waals surface area contributed by atoms with E-state index in [1.165, 1.54) is 86.0 Å². The Morgan fingerprint density at radius 3 is 0.757 bits per heavy atom. The number of benzene rings is 7. The Bertz CT molecular complexity index is 4760. The molecule has 5 amide bonds. The number of thiazole rings is 5. The lowest BCUT2D eigenvalue weighted by Gasteiger charge is -2.03. The smallest absolute Gasteiger partial charge is 0.271 e. The summed E-state index contributed by atoms with van der Waals surface area (Å²) in [7, 11) is 0. The molecule has 0 saturated heterocycles. The zero-order chi connectivity index (χ0) is 76.9. The van der Waals surface area contributed by atoms with E-state index in [0.717, 1.165) is 89.1 Å². The number of amides is 5. The van der Waals surface area contributed by atoms with Gasteiger partial charge < -0.3 is 26.6 Å². The highest BCUT2D eigenvalue weighted by molar-refractivity contribution is 7.11. The van der Waals surface area contributed by atoms with Crippen LogP contribution in [0.2, 0.25) is 0 Å². The van der Waals surface area contributed by atoms with Crippen molar-refractivity contribution in [3.8, 4) is 0 Å². The average Bonchev–Trinajstić information content (AvgIpc) is 1.76. The van der Waals surface area contributed by atoms with Crippen molar-refractivity contribution in [2.75, 3.05) is 0 Å². The van der Waals surface area contributed by atoms with Crippen LogP contribution in [0, 0.1) is 6.92 Å². The van der Waals surface area contributed by atoms with E-state index in [4.69, 9.17) is 0 Å². The van der Waals surface area contributed by atoms with Crippen molar-refractivity contribution in [3.63, 3.8) is 0 Å². The van der Waals surface area contributed by atoms with E-state index in [0.29, 0.717) is 74.0 Å². The molecule has 0 atom stereocenters. The molecule has 0 aliphatic heterocycles. The van der Waals surface area contributed by atoms with Crippen LogP contribution in [0.5, 0.6) is 0 Å². The van der Waals surface area contributed by atoms with E-state index in [1.54, 1.807) is 40.9 Å². The molecule has 556 valence electrons. The zero-order valence-corrected chi connectivity index (χ0v) is 64.5. The second kappa shape index (κ2) is 43.4. The quantitative estimate of drug-likeness (QED) is 0.0356. The monoisotopic (exact) mass is 1560 g/mol. The molecule has 0 fully saturated rings. The number of pyridine rings is 1. The number of carbonyl (C=O) groups is 5. The van der Waals surface area contributed by atoms with Crippen LogP contribution in [-0.4, -0.2) is 79.4 Å². The number of nitrogens with zero attached hydrogens (tertiary/aromatic N) is 10. The number of aryl methyl sites for hydroxylation is 1. The number of hydrogen-bond acceptors (Lipinski definition) is 20. The number of hydrogen-bond donors (Lipinski definition) is 5. The van der Waals surface area contributed by atoms with Gasteiger partial charge in [-0.1, -0.05) is 212 Å². The summed E-state index contributed by atoms with van der Waals surface area (Å²) < 4.78 is 0. The predicted octanol–water partition coefficient (Wildman–Crippen LogP) is 15.6. The summed E-state index contributed by atoms with van der Waals surface area (Å²) in [5.74, 6) is -0.704. The molecule has 5 N–H and O–H groups in total. The number of nitrogens with one attached hydrogen (secondary N) is 5. The van der Waals surface area contributed by atoms with Gasteiger partial charge in [-0.2, -0.15) is 0 Å². The fourth-order valence-corrected chi connectivity index (χ4v) is 14.3. The number of carbonyl (C=O) groups excluding carboxylic acids is 5. The lowest BCUT2D eigenvalue weighted by Crippen LogP contribution is -2.23. The lowest BCUT2D eigenvalue weighted by atomic mass is 10.1. The Hall–Kier alpha value is -12.7. The summed E-state index contributed by atoms with van der Waals surface area (Å²) in [6.45, 7) is 4.58. The summed E-state index contributed by atoms with van der Waals surface area (Å²) in [6, 6.07) is 75.3. The average molecular weight is 1560 g/mol. The van der Waals surface area contributed by atoms with Gasteiger partial charge in [0.25, 0.3) is 29.5 Å². The highest BCUT2D eigenvalue weighted by Crippen LogP contribution is 2.20. The molecule has 0 saturated carbocycles. The van der Waals surface area contributed by atoms with Crippen molar-refractivity contribution in [2.45, 2.75) is 71.8 Å². The van der Waals surface area contributed by atoms with Crippen LogP contribution in [0.25, 0.3) is 0 Å². The van der Waals surface area contributed by atoms with Gasteiger partial charge in [-0.05, 0) is 75.7 Å². The van der Waals surface area contributed by atoms with Crippen LogP contribution in [0.4, 0.5) is 0 Å². The minimum absolute atomic E-state index is 0.126. The highest BCUT2D eigenvalue weighted by atomic mass is 32.1. The molecule has 0 aliphatic carbocycles. The van der Waals surface area contributed by atoms with Gasteiger partial charge in [0.05, 0.1) is 36.4 Å². The maximum absolute atomic E-state index is 12.2. The number of rotatable bonds is 25. The van der Waals surface area contributed by atoms with E-state index >= 15 is 0 Å². The first-order valence-corrected chi connectivity index (χ1v) is 39.7. The molecule has 20 nitrogen and oxygen atoms in total. The van der Waals surface area contributed by atoms with Crippen LogP contribution in [-0.2, 0) is 64.8 Å². The Morgan fingerprint density at radius 1 is 0.261 bits per heavy atom. The van der Waals surface area contributed by atoms with E-state index in [-0.39, 0.29) is 29.5 Å². The van der Waals surface area contributed by atoms with Gasteiger partial charge in [0.1, 0.15) is 41.1 Å². The van der Waals surface area contributed by atoms with Gasteiger partial charge in [-0.3, -0.25) is 29.0 Å². The Kier molecular flexibility index (Phi) is 31.0. The lowest BCUT2D eigenvalue weighted by molar-refractivity contribution is 0.0938. The number of aromatic nitrogens is 10. The topological polar surface area (TPSA) is 274 Å². The molecule has 0 radical (unpaired) electrons. The first-order valence-electron chi connectivity index (χ1n) is 35.3. The Morgan fingerprint density at radius 2 is 0.495 bits per heavy atom. The van der Waals surface area contributed by atoms with Crippen LogP contribution < -0.4 is 26.6 Å². The fourth-order valence-electron chi connectivity index (χ4n) is 10.3. The minimum Gasteiger partial charge on any atom is -0.347 e. The van der Waals surface area contributed by atoms with Crippen molar-refractivity contribution in [1.29, 1.82) is 0 Å². The molecule has 0 bridgehead atoms. The van der Waals surface area contributed by atoms with Crippen molar-refractivity contribution in [1.82, 2.24) is 76.4 Å². The molecule has 15 rings (SSSR count). The van der Waals surface area contributed by atoms with E-state index in [9.17, 15) is 24.0 Å². The molecule has 0 aliphatic rings. The largest absolute Gasteiger partial charge is 0.347 e. The molecule has 7 aromatic carbocycles. The summed E-state index contributed by atoms with van der Waals surface area (Å²) in [5.41, 5.74) is 14.2. The fraction of sp³-hybridized carbons (Fsp3) is 0.128. The van der Waals surface area contributed by atoms with E-state index < -0.39 is 0 Å². The van der Waals surface area contributed by atoms with Gasteiger partial charge in [0.2, 0.25) is 0 Å². The molecule has 111 heavy (non-hydrogen) atoms. The molecule has 0 unspecified atom stereocenters. The molecular weight excluding hydrogens is 1480 g/mol. The van der Waals surface area contributed by atoms with Crippen molar-refractivity contribution >= 4 is 86.2 Å². The minimum atomic E-state index is -0.158. The van der Waals surface area contributed by atoms with Crippen LogP contribution in [0.15, 0.2) is 295 Å². The van der Waals surface area contributed by atoms with Crippen LogP contribution >= 0.6 is 56.7 Å². The van der Waals surface area contributed by atoms with Crippen LogP contribution in [0.1, 0.15) is 139 Å². The van der Waals surface area contributed by atoms with Crippen LogP contribution in [0.3, 0.4) is 0 Å². The summed E-state index contributed by atoms with van der Waals surface area (Å²) >= 11 is 7.47. The molecule has 15 aromatic rings. The first-order chi connectivity index (χ1) is 54.4. The summed E-state index contributed by atoms with van der Waals surface area (Å²) in [4.78, 5) is 103. The molecule has 8 heterocycles. The highest BCUT2D eigenvalue weighted by Gasteiger charge is 2.17. The second-order valence-electron chi connectivity index (χ2n) is 24.6. The third-order valence-corrected chi connectivity index (χ3v) is 20.4. The van der Waals surface area contributed by atoms with Crippen molar-refractivity contribution in [2.24, 2.45) is 0 Å². The van der Waals surface area contributed by atoms with E-state index in [1.807, 2.05) is 224 Å². The van der Waals surface area contributed by atoms with Gasteiger partial charge in [0, 0.05) is 117 Å². The first kappa shape index (κ1) is 79.4. The standard InChI is InChI=1S/2C18H16N2OS.C17H16N4OS.C17H15N3OS.C16H14N4OS/c2*21-18(19-12-15-9-5-2-6-10-15)16-13-22-17(20-16)11-14-7-3-1-4-8-14;1-12-2-4-13(5-3-12)9-19-17(22)15-10-23-16(21-15)8-14-6-7-18-11-20-14;21-17(19-11-14-4-2-1-3-5-14)15-12-22-16(20-15)10-13-6-8-18-9-7-13;21-16(18-9-12-4-2-1-3-5-12)14-10-22-15(20-14)8-13-6-7-17-11-19-13/h2*1-10,13H,11-12H2,(H,19,21);2-7,10-11H,8-9H2,1H3,(H,19,22);1-9,12H,10-11H2,(H,19,21);1-7,10-11H,8-9H2,(H,18,21). The second-order valence-corrected chi connectivity index (χ2v) is 29.3. The van der Waals surface area contributed by atoms with E-state index in [2.05, 4.69) is 101 Å². The Labute approximate surface area is 663 Å². The van der Waals surface area contributed by atoms with Gasteiger partial charge in [-0.25, -0.2) is 44.9 Å². The molecule has 0 spiro atoms. The normalized spacial score (nSPS) is 10.4. The summed E-state index contributed by atoms with van der Waals surface area (Å²) in [6.07, 6.45) is 13.4. The SMILES string of the molecule is Cc1ccc(CNC(=O)c2csc(Cc3ccncn3)n2)cc1.O=C(NCc1ccccc1)c1csc(Cc2ccccc2)n1.O=C(NCc1ccccc1)c1csc(Cc2ccccc2)n1.O=C(NCc1ccccc1)c1csc(Cc2ccncc2)n1.O=C(NCc1ccccc1)c1csc(Cc2ccncn2)n1. The zero-order valence-electron chi connectivity index (χ0n) is 60.4. The predicted molar refractivity (Wildman–Crippen MR) is 439 cm³/mol. The third-order valence-electron chi connectivity index (χ3n) is 16.1.